The zero-order chi connectivity index (χ0) is 21.6. The first-order valence-electron chi connectivity index (χ1n) is 13.0. The van der Waals surface area contributed by atoms with E-state index in [1.165, 1.54) is 82.6 Å². The molecule has 2 saturated carbocycles. The Morgan fingerprint density at radius 3 is 1.97 bits per heavy atom. The van der Waals surface area contributed by atoms with Crippen molar-refractivity contribution in [1.82, 2.24) is 0 Å². The van der Waals surface area contributed by atoms with Crippen LogP contribution in [0.5, 0.6) is 0 Å². The van der Waals surface area contributed by atoms with E-state index in [1.807, 2.05) is 19.1 Å². The highest BCUT2D eigenvalue weighted by Crippen LogP contribution is 2.44. The van der Waals surface area contributed by atoms with Crippen LogP contribution in [0.2, 0.25) is 0 Å². The van der Waals surface area contributed by atoms with Gasteiger partial charge in [0.15, 0.2) is 0 Å². The van der Waals surface area contributed by atoms with Crippen molar-refractivity contribution < 1.29 is 4.39 Å². The Balaban J connectivity index is 1.26. The first-order chi connectivity index (χ1) is 15.1. The first kappa shape index (κ1) is 22.6. The fraction of sp³-hybridized carbons (Fsp3) is 0.600. The van der Waals surface area contributed by atoms with Crippen LogP contribution in [0.25, 0.3) is 11.1 Å². The molecule has 31 heavy (non-hydrogen) atoms. The van der Waals surface area contributed by atoms with E-state index in [-0.39, 0.29) is 5.82 Å². The maximum Gasteiger partial charge on any atom is 0.126 e. The van der Waals surface area contributed by atoms with Crippen LogP contribution in [0.15, 0.2) is 42.5 Å². The van der Waals surface area contributed by atoms with E-state index in [2.05, 4.69) is 31.2 Å². The van der Waals surface area contributed by atoms with Crippen molar-refractivity contribution in [3.05, 3.63) is 59.4 Å². The number of rotatable bonds is 7. The van der Waals surface area contributed by atoms with Crippen molar-refractivity contribution in [1.29, 1.82) is 0 Å². The first-order valence-corrected chi connectivity index (χ1v) is 13.0. The number of hydrogen-bond donors (Lipinski definition) is 0. The molecule has 2 aromatic rings. The lowest BCUT2D eigenvalue weighted by Gasteiger charge is -2.38. The van der Waals surface area contributed by atoms with Crippen molar-refractivity contribution >= 4 is 0 Å². The number of halogens is 1. The zero-order valence-electron chi connectivity index (χ0n) is 19.7. The van der Waals surface area contributed by atoms with Gasteiger partial charge in [-0.3, -0.25) is 0 Å². The van der Waals surface area contributed by atoms with Gasteiger partial charge >= 0.3 is 0 Å². The van der Waals surface area contributed by atoms with Gasteiger partial charge in [0, 0.05) is 0 Å². The fourth-order valence-corrected chi connectivity index (χ4v) is 6.28. The largest absolute Gasteiger partial charge is 0.207 e. The molecule has 0 radical (unpaired) electrons. The van der Waals surface area contributed by atoms with Gasteiger partial charge in [-0.1, -0.05) is 81.8 Å². The molecule has 0 N–H and O–H groups in total. The second-order valence-electron chi connectivity index (χ2n) is 10.5. The molecule has 168 valence electrons. The summed E-state index contributed by atoms with van der Waals surface area (Å²) in [5.41, 5.74) is 4.28. The van der Waals surface area contributed by atoms with Gasteiger partial charge in [0.05, 0.1) is 0 Å². The molecule has 0 aliphatic heterocycles. The van der Waals surface area contributed by atoms with Crippen LogP contribution < -0.4 is 0 Å². The SMILES string of the molecule is CCCCCC1CCC(C2CCC(c3ccc(-c4ccc(C)c(F)c4)cc3)CC2)CC1. The van der Waals surface area contributed by atoms with Gasteiger partial charge in [-0.15, -0.1) is 0 Å². The van der Waals surface area contributed by atoms with Gasteiger partial charge in [-0.25, -0.2) is 4.39 Å². The molecule has 2 aliphatic carbocycles. The molecule has 2 aromatic carbocycles. The minimum atomic E-state index is -0.116. The molecular formula is C30H41F. The lowest BCUT2D eigenvalue weighted by atomic mass is 9.68. The third kappa shape index (κ3) is 5.79. The van der Waals surface area contributed by atoms with E-state index in [1.54, 1.807) is 6.07 Å². The van der Waals surface area contributed by atoms with Gasteiger partial charge in [0.1, 0.15) is 5.82 Å². The Morgan fingerprint density at radius 1 is 0.742 bits per heavy atom. The molecule has 0 heterocycles. The van der Waals surface area contributed by atoms with E-state index in [4.69, 9.17) is 0 Å². The molecule has 2 fully saturated rings. The summed E-state index contributed by atoms with van der Waals surface area (Å²) in [5.74, 6) is 3.60. The van der Waals surface area contributed by atoms with E-state index in [0.717, 1.165) is 28.9 Å². The summed E-state index contributed by atoms with van der Waals surface area (Å²) in [5, 5.41) is 0. The van der Waals surface area contributed by atoms with E-state index >= 15 is 0 Å². The van der Waals surface area contributed by atoms with Crippen LogP contribution in [0.1, 0.15) is 101 Å². The molecule has 0 unspecified atom stereocenters. The molecule has 2 aliphatic rings. The lowest BCUT2D eigenvalue weighted by molar-refractivity contribution is 0.155. The Labute approximate surface area is 189 Å². The highest BCUT2D eigenvalue weighted by molar-refractivity contribution is 5.64. The minimum Gasteiger partial charge on any atom is -0.207 e. The van der Waals surface area contributed by atoms with Gasteiger partial charge in [-0.05, 0) is 97.4 Å². The number of aryl methyl sites for hydroxylation is 1. The van der Waals surface area contributed by atoms with Crippen LogP contribution in [0.3, 0.4) is 0 Å². The van der Waals surface area contributed by atoms with Crippen molar-refractivity contribution in [2.24, 2.45) is 17.8 Å². The van der Waals surface area contributed by atoms with Crippen LogP contribution in [0.4, 0.5) is 4.39 Å². The van der Waals surface area contributed by atoms with Gasteiger partial charge in [0.2, 0.25) is 0 Å². The summed E-state index contributed by atoms with van der Waals surface area (Å²) in [6.45, 7) is 4.13. The third-order valence-electron chi connectivity index (χ3n) is 8.43. The van der Waals surface area contributed by atoms with E-state index in [0.29, 0.717) is 11.5 Å². The van der Waals surface area contributed by atoms with Crippen molar-refractivity contribution in [2.45, 2.75) is 96.8 Å². The zero-order valence-corrected chi connectivity index (χ0v) is 19.7. The Kier molecular flexibility index (Phi) is 7.86. The molecule has 0 nitrogen and oxygen atoms in total. The number of benzene rings is 2. The van der Waals surface area contributed by atoms with Crippen molar-refractivity contribution in [3.8, 4) is 11.1 Å². The smallest absolute Gasteiger partial charge is 0.126 e. The Hall–Kier alpha value is -1.63. The average molecular weight is 421 g/mol. The van der Waals surface area contributed by atoms with Gasteiger partial charge < -0.3 is 0 Å². The van der Waals surface area contributed by atoms with Crippen LogP contribution in [0, 0.1) is 30.5 Å². The second kappa shape index (κ2) is 10.8. The Morgan fingerprint density at radius 2 is 1.35 bits per heavy atom. The predicted octanol–water partition coefficient (Wildman–Crippen LogP) is 9.46. The molecule has 0 atom stereocenters. The monoisotopic (exact) mass is 420 g/mol. The lowest BCUT2D eigenvalue weighted by Crippen LogP contribution is -2.25. The van der Waals surface area contributed by atoms with Gasteiger partial charge in [0.25, 0.3) is 0 Å². The highest BCUT2D eigenvalue weighted by Gasteiger charge is 2.31. The normalized spacial score (nSPS) is 26.7. The van der Waals surface area contributed by atoms with E-state index in [9.17, 15) is 4.39 Å². The minimum absolute atomic E-state index is 0.116. The standard InChI is InChI=1S/C30H41F/c1-3-4-5-6-23-8-11-24(12-9-23)25-13-15-26(16-14-25)27-17-19-28(20-18-27)29-10-7-22(2)30(31)21-29/h7,10,17-21,23-26H,3-6,8-9,11-16H2,1-2H3. The summed E-state index contributed by atoms with van der Waals surface area (Å²) >= 11 is 0. The van der Waals surface area contributed by atoms with Crippen LogP contribution in [-0.2, 0) is 0 Å². The van der Waals surface area contributed by atoms with E-state index < -0.39 is 0 Å². The molecule has 4 rings (SSSR count). The third-order valence-corrected chi connectivity index (χ3v) is 8.43. The molecule has 0 saturated heterocycles. The van der Waals surface area contributed by atoms with Crippen molar-refractivity contribution in [3.63, 3.8) is 0 Å². The maximum atomic E-state index is 13.9. The molecule has 0 spiro atoms. The second-order valence-corrected chi connectivity index (χ2v) is 10.5. The Bertz CT molecular complexity index is 805. The summed E-state index contributed by atoms with van der Waals surface area (Å²) in [6, 6.07) is 14.5. The maximum absolute atomic E-state index is 13.9. The summed E-state index contributed by atoms with van der Waals surface area (Å²) < 4.78 is 13.9. The molecule has 0 bridgehead atoms. The molecule has 1 heteroatoms. The quantitative estimate of drug-likeness (QED) is 0.391. The van der Waals surface area contributed by atoms with Crippen LogP contribution >= 0.6 is 0 Å². The summed E-state index contributed by atoms with van der Waals surface area (Å²) in [4.78, 5) is 0. The average Bonchev–Trinajstić information content (AvgIpc) is 2.82. The predicted molar refractivity (Wildman–Crippen MR) is 131 cm³/mol. The topological polar surface area (TPSA) is 0 Å². The summed E-state index contributed by atoms with van der Waals surface area (Å²) in [7, 11) is 0. The van der Waals surface area contributed by atoms with Gasteiger partial charge in [-0.2, -0.15) is 0 Å². The number of hydrogen-bond acceptors (Lipinski definition) is 0. The molecule has 0 aromatic heterocycles. The molecular weight excluding hydrogens is 379 g/mol. The fourth-order valence-electron chi connectivity index (χ4n) is 6.28. The van der Waals surface area contributed by atoms with Crippen LogP contribution in [-0.4, -0.2) is 0 Å². The van der Waals surface area contributed by atoms with Crippen molar-refractivity contribution in [2.75, 3.05) is 0 Å². The number of unbranched alkanes of at least 4 members (excludes halogenated alkanes) is 2. The highest BCUT2D eigenvalue weighted by atomic mass is 19.1. The summed E-state index contributed by atoms with van der Waals surface area (Å²) in [6.07, 6.45) is 17.2. The molecule has 0 amide bonds.